The van der Waals surface area contributed by atoms with Crippen LogP contribution in [0.3, 0.4) is 0 Å². The number of benzene rings is 1. The summed E-state index contributed by atoms with van der Waals surface area (Å²) in [6, 6.07) is 3.46. The normalized spacial score (nSPS) is 13.9. The van der Waals surface area contributed by atoms with Crippen molar-refractivity contribution in [1.29, 1.82) is 0 Å². The van der Waals surface area contributed by atoms with Crippen LogP contribution in [0.25, 0.3) is 10.4 Å². The lowest BCUT2D eigenvalue weighted by Crippen LogP contribution is -2.22. The highest BCUT2D eigenvalue weighted by Gasteiger charge is 2.21. The second-order valence-electron chi connectivity index (χ2n) is 3.99. The standard InChI is InChI=1S/C11H16N4O2/c1-6-3-8(12)4-7(2)10(6)11(17)9(16)5-14-15-13/h3-4,9,11,16-17H,5,12H2,1-2H3. The molecule has 92 valence electrons. The van der Waals surface area contributed by atoms with Gasteiger partial charge in [-0.25, -0.2) is 0 Å². The quantitative estimate of drug-likeness (QED) is 0.319. The lowest BCUT2D eigenvalue weighted by molar-refractivity contribution is 0.0236. The summed E-state index contributed by atoms with van der Waals surface area (Å²) in [7, 11) is 0. The summed E-state index contributed by atoms with van der Waals surface area (Å²) < 4.78 is 0. The molecule has 0 amide bonds. The maximum Gasteiger partial charge on any atom is 0.105 e. The molecule has 0 aromatic heterocycles. The van der Waals surface area contributed by atoms with Gasteiger partial charge in [0.25, 0.3) is 0 Å². The van der Waals surface area contributed by atoms with Gasteiger partial charge in [0.1, 0.15) is 6.10 Å². The zero-order chi connectivity index (χ0) is 13.0. The Morgan fingerprint density at radius 2 is 1.88 bits per heavy atom. The van der Waals surface area contributed by atoms with Gasteiger partial charge in [0.2, 0.25) is 0 Å². The van der Waals surface area contributed by atoms with Gasteiger partial charge in [0, 0.05) is 10.6 Å². The molecule has 1 aromatic rings. The molecule has 6 heteroatoms. The van der Waals surface area contributed by atoms with Gasteiger partial charge in [0.15, 0.2) is 0 Å². The van der Waals surface area contributed by atoms with E-state index in [-0.39, 0.29) is 6.54 Å². The van der Waals surface area contributed by atoms with Crippen molar-refractivity contribution >= 4 is 5.69 Å². The summed E-state index contributed by atoms with van der Waals surface area (Å²) in [5.74, 6) is 0. The maximum atomic E-state index is 9.99. The number of aliphatic hydroxyl groups is 2. The number of rotatable bonds is 4. The van der Waals surface area contributed by atoms with Crippen LogP contribution in [-0.2, 0) is 0 Å². The molecule has 0 spiro atoms. The molecule has 0 saturated heterocycles. The van der Waals surface area contributed by atoms with Crippen molar-refractivity contribution in [3.8, 4) is 0 Å². The highest BCUT2D eigenvalue weighted by Crippen LogP contribution is 2.26. The van der Waals surface area contributed by atoms with E-state index in [1.165, 1.54) is 0 Å². The molecule has 4 N–H and O–H groups in total. The number of hydrogen-bond donors (Lipinski definition) is 3. The second-order valence-corrected chi connectivity index (χ2v) is 3.99. The average Bonchev–Trinajstić information content (AvgIpc) is 2.24. The van der Waals surface area contributed by atoms with Gasteiger partial charge in [-0.1, -0.05) is 5.11 Å². The first kappa shape index (κ1) is 13.3. The van der Waals surface area contributed by atoms with E-state index in [2.05, 4.69) is 10.0 Å². The van der Waals surface area contributed by atoms with E-state index >= 15 is 0 Å². The topological polar surface area (TPSA) is 115 Å². The van der Waals surface area contributed by atoms with E-state index in [0.717, 1.165) is 11.1 Å². The Balaban J connectivity index is 3.03. The molecule has 0 aliphatic carbocycles. The Hall–Kier alpha value is -1.75. The minimum absolute atomic E-state index is 0.166. The molecule has 0 bridgehead atoms. The number of aryl methyl sites for hydroxylation is 2. The van der Waals surface area contributed by atoms with E-state index in [1.54, 1.807) is 12.1 Å². The molecule has 1 rings (SSSR count). The van der Waals surface area contributed by atoms with Gasteiger partial charge in [0.05, 0.1) is 12.6 Å². The fraction of sp³-hybridized carbons (Fsp3) is 0.455. The van der Waals surface area contributed by atoms with Crippen LogP contribution in [0.1, 0.15) is 22.8 Å². The van der Waals surface area contributed by atoms with Gasteiger partial charge in [-0.3, -0.25) is 0 Å². The van der Waals surface area contributed by atoms with E-state index in [1.807, 2.05) is 13.8 Å². The summed E-state index contributed by atoms with van der Waals surface area (Å²) in [5.41, 5.74) is 16.7. The van der Waals surface area contributed by atoms with Crippen LogP contribution in [0.2, 0.25) is 0 Å². The average molecular weight is 236 g/mol. The lowest BCUT2D eigenvalue weighted by Gasteiger charge is -2.21. The molecule has 0 saturated carbocycles. The van der Waals surface area contributed by atoms with E-state index in [9.17, 15) is 10.2 Å². The van der Waals surface area contributed by atoms with Crippen molar-refractivity contribution in [2.75, 3.05) is 12.3 Å². The van der Waals surface area contributed by atoms with Crippen molar-refractivity contribution in [3.63, 3.8) is 0 Å². The summed E-state index contributed by atoms with van der Waals surface area (Å²) >= 11 is 0. The van der Waals surface area contributed by atoms with Gasteiger partial charge in [-0.15, -0.1) is 0 Å². The molecule has 1 aromatic carbocycles. The summed E-state index contributed by atoms with van der Waals surface area (Å²) in [5, 5.41) is 22.9. The first-order valence-electron chi connectivity index (χ1n) is 5.21. The molecule has 0 aliphatic heterocycles. The van der Waals surface area contributed by atoms with Crippen LogP contribution in [0.15, 0.2) is 17.2 Å². The van der Waals surface area contributed by atoms with E-state index < -0.39 is 12.2 Å². The Bertz CT molecular complexity index is 432. The van der Waals surface area contributed by atoms with Crippen molar-refractivity contribution < 1.29 is 10.2 Å². The summed E-state index contributed by atoms with van der Waals surface area (Å²) in [4.78, 5) is 2.54. The van der Waals surface area contributed by atoms with Gasteiger partial charge >= 0.3 is 0 Å². The fourth-order valence-electron chi connectivity index (χ4n) is 1.89. The Kier molecular flexibility index (Phi) is 4.34. The van der Waals surface area contributed by atoms with Gasteiger partial charge in [-0.05, 0) is 48.2 Å². The second kappa shape index (κ2) is 5.54. The van der Waals surface area contributed by atoms with Crippen LogP contribution in [-0.4, -0.2) is 22.9 Å². The number of nitrogens with zero attached hydrogens (tertiary/aromatic N) is 3. The monoisotopic (exact) mass is 236 g/mol. The smallest absolute Gasteiger partial charge is 0.105 e. The highest BCUT2D eigenvalue weighted by molar-refractivity contribution is 5.49. The maximum absolute atomic E-state index is 9.99. The first-order chi connectivity index (χ1) is 7.97. The van der Waals surface area contributed by atoms with Gasteiger partial charge < -0.3 is 15.9 Å². The summed E-state index contributed by atoms with van der Waals surface area (Å²) in [6.07, 6.45) is -2.20. The predicted molar refractivity (Wildman–Crippen MR) is 65.3 cm³/mol. The number of anilines is 1. The summed E-state index contributed by atoms with van der Waals surface area (Å²) in [6.45, 7) is 3.45. The molecule has 0 aliphatic rings. The number of aliphatic hydroxyl groups excluding tert-OH is 2. The molecular weight excluding hydrogens is 220 g/mol. The van der Waals surface area contributed by atoms with E-state index in [0.29, 0.717) is 11.3 Å². The Labute approximate surface area is 99.3 Å². The Morgan fingerprint density at radius 3 is 2.35 bits per heavy atom. The van der Waals surface area contributed by atoms with Gasteiger partial charge in [-0.2, -0.15) is 0 Å². The minimum atomic E-state index is -1.12. The highest BCUT2D eigenvalue weighted by atomic mass is 16.3. The third-order valence-corrected chi connectivity index (χ3v) is 2.61. The van der Waals surface area contributed by atoms with Crippen molar-refractivity contribution in [2.24, 2.45) is 5.11 Å². The number of azide groups is 1. The minimum Gasteiger partial charge on any atom is -0.399 e. The number of hydrogen-bond acceptors (Lipinski definition) is 4. The van der Waals surface area contributed by atoms with Crippen LogP contribution in [0.5, 0.6) is 0 Å². The van der Waals surface area contributed by atoms with Crippen LogP contribution in [0.4, 0.5) is 5.69 Å². The predicted octanol–water partition coefficient (Wildman–Crippen LogP) is 1.59. The number of nitrogens with two attached hydrogens (primary N) is 1. The number of nitrogen functional groups attached to an aromatic ring is 1. The molecule has 2 atom stereocenters. The molecule has 17 heavy (non-hydrogen) atoms. The Morgan fingerprint density at radius 1 is 1.35 bits per heavy atom. The molecule has 0 fully saturated rings. The molecule has 6 nitrogen and oxygen atoms in total. The molecule has 0 heterocycles. The fourth-order valence-corrected chi connectivity index (χ4v) is 1.89. The zero-order valence-electron chi connectivity index (χ0n) is 9.83. The SMILES string of the molecule is Cc1cc(N)cc(C)c1C(O)C(O)CN=[N+]=[N-]. The third-order valence-electron chi connectivity index (χ3n) is 2.61. The van der Waals surface area contributed by atoms with Crippen molar-refractivity contribution in [2.45, 2.75) is 26.1 Å². The molecule has 0 radical (unpaired) electrons. The zero-order valence-corrected chi connectivity index (χ0v) is 9.83. The van der Waals surface area contributed by atoms with E-state index in [4.69, 9.17) is 11.3 Å². The molecule has 2 unspecified atom stereocenters. The van der Waals surface area contributed by atoms with Crippen LogP contribution in [0, 0.1) is 13.8 Å². The van der Waals surface area contributed by atoms with Crippen molar-refractivity contribution in [1.82, 2.24) is 0 Å². The van der Waals surface area contributed by atoms with Crippen LogP contribution < -0.4 is 5.73 Å². The lowest BCUT2D eigenvalue weighted by atomic mass is 9.94. The molecular formula is C11H16N4O2. The largest absolute Gasteiger partial charge is 0.399 e. The third kappa shape index (κ3) is 3.10. The van der Waals surface area contributed by atoms with Crippen LogP contribution >= 0.6 is 0 Å². The first-order valence-corrected chi connectivity index (χ1v) is 5.21. The van der Waals surface area contributed by atoms with Crippen molar-refractivity contribution in [3.05, 3.63) is 39.3 Å².